The summed E-state index contributed by atoms with van der Waals surface area (Å²) in [6.07, 6.45) is 3.19. The first-order valence-electron chi connectivity index (χ1n) is 12.0. The molecule has 0 aliphatic carbocycles. The molecule has 0 saturated carbocycles. The van der Waals surface area contributed by atoms with Gasteiger partial charge in [0.05, 0.1) is 47.5 Å². The van der Waals surface area contributed by atoms with Crippen molar-refractivity contribution in [1.29, 1.82) is 5.26 Å². The number of nitrogen functional groups attached to an aromatic ring is 1. The highest BCUT2D eigenvalue weighted by molar-refractivity contribution is 7.23. The van der Waals surface area contributed by atoms with Crippen molar-refractivity contribution in [3.63, 3.8) is 0 Å². The molecule has 2 atom stereocenters. The number of benzene rings is 1. The molecule has 9 nitrogen and oxygen atoms in total. The van der Waals surface area contributed by atoms with Crippen molar-refractivity contribution in [2.24, 2.45) is 0 Å². The Morgan fingerprint density at radius 2 is 1.97 bits per heavy atom. The number of aliphatic hydroxyl groups excluding tert-OH is 1. The van der Waals surface area contributed by atoms with Gasteiger partial charge < -0.3 is 20.5 Å². The fraction of sp³-hybridized carbons (Fsp3) is 0.360. The van der Waals surface area contributed by atoms with Crippen molar-refractivity contribution in [1.82, 2.24) is 19.9 Å². The molecule has 0 spiro atoms. The summed E-state index contributed by atoms with van der Waals surface area (Å²) in [5.74, 6) is -0.941. The van der Waals surface area contributed by atoms with Gasteiger partial charge in [0.1, 0.15) is 16.6 Å². The number of likely N-dealkylation sites (tertiary alicyclic amines) is 1. The number of nitrogens with zero attached hydrogens (tertiary/aromatic N) is 6. The van der Waals surface area contributed by atoms with Crippen LogP contribution in [0.3, 0.4) is 0 Å². The number of aliphatic hydroxyl groups is 1. The molecule has 3 aliphatic heterocycles. The van der Waals surface area contributed by atoms with Gasteiger partial charge in [-0.3, -0.25) is 9.88 Å². The Balaban J connectivity index is 1.42. The van der Waals surface area contributed by atoms with Crippen molar-refractivity contribution in [2.45, 2.75) is 31.8 Å². The molecule has 37 heavy (non-hydrogen) atoms. The largest absolute Gasteiger partial charge is 0.390 e. The highest BCUT2D eigenvalue weighted by Crippen LogP contribution is 2.45. The average Bonchev–Trinajstić information content (AvgIpc) is 3.57. The monoisotopic (exact) mass is 521 g/mol. The van der Waals surface area contributed by atoms with Gasteiger partial charge in [0.2, 0.25) is 5.95 Å². The zero-order valence-electron chi connectivity index (χ0n) is 19.5. The van der Waals surface area contributed by atoms with Crippen LogP contribution in [-0.2, 0) is 18.0 Å². The number of thiophene rings is 1. The molecular weight excluding hydrogens is 500 g/mol. The number of ether oxygens (including phenoxy) is 1. The maximum absolute atomic E-state index is 16.4. The third-order valence-corrected chi connectivity index (χ3v) is 8.66. The lowest BCUT2D eigenvalue weighted by atomic mass is 9.94. The van der Waals surface area contributed by atoms with Gasteiger partial charge in [0.15, 0.2) is 11.6 Å². The molecule has 3 aliphatic rings. The van der Waals surface area contributed by atoms with Crippen LogP contribution in [0, 0.1) is 23.0 Å². The van der Waals surface area contributed by atoms with E-state index < -0.39 is 17.7 Å². The third-order valence-electron chi connectivity index (χ3n) is 7.63. The molecule has 3 N–H and O–H groups in total. The predicted molar refractivity (Wildman–Crippen MR) is 134 cm³/mol. The Hall–Kier alpha value is -3.50. The normalized spacial score (nSPS) is 21.5. The maximum atomic E-state index is 16.4. The van der Waals surface area contributed by atoms with Gasteiger partial charge in [-0.2, -0.15) is 5.26 Å². The number of hydrogen-bond acceptors (Lipinski definition) is 10. The van der Waals surface area contributed by atoms with Crippen molar-refractivity contribution < 1.29 is 18.6 Å². The quantitative estimate of drug-likeness (QED) is 0.419. The van der Waals surface area contributed by atoms with Gasteiger partial charge in [0.25, 0.3) is 0 Å². The number of β-amino-alcohol motifs (C(OH)–C–C–N with tert-alkyl or cyclic N) is 1. The predicted octanol–water partition coefficient (Wildman–Crippen LogP) is 2.92. The number of rotatable bonds is 3. The third kappa shape index (κ3) is 3.25. The molecule has 2 unspecified atom stereocenters. The number of nitrogens with two attached hydrogens (primary N) is 1. The fourth-order valence-corrected chi connectivity index (χ4v) is 6.58. The van der Waals surface area contributed by atoms with Crippen LogP contribution in [0.5, 0.6) is 0 Å². The van der Waals surface area contributed by atoms with Crippen LogP contribution in [0.4, 0.5) is 19.7 Å². The molecular formula is C25H21F2N7O2S. The van der Waals surface area contributed by atoms with Crippen LogP contribution in [0.2, 0.25) is 0 Å². The second-order valence-corrected chi connectivity index (χ2v) is 10.7. The van der Waals surface area contributed by atoms with E-state index in [1.807, 2.05) is 11.0 Å². The number of aromatic nitrogens is 3. The van der Waals surface area contributed by atoms with E-state index in [9.17, 15) is 14.8 Å². The number of halogens is 2. The molecule has 0 amide bonds. The molecule has 0 radical (unpaired) electrons. The van der Waals surface area contributed by atoms with Gasteiger partial charge in [0, 0.05) is 35.6 Å². The van der Waals surface area contributed by atoms with Crippen LogP contribution in [-0.4, -0.2) is 63.3 Å². The number of pyridine rings is 1. The van der Waals surface area contributed by atoms with Gasteiger partial charge in [-0.15, -0.1) is 11.3 Å². The van der Waals surface area contributed by atoms with E-state index in [4.69, 9.17) is 10.5 Å². The second-order valence-electron chi connectivity index (χ2n) is 9.61. The van der Waals surface area contributed by atoms with E-state index in [2.05, 4.69) is 19.9 Å². The van der Waals surface area contributed by atoms with E-state index in [0.717, 1.165) is 42.6 Å². The first-order chi connectivity index (χ1) is 18.0. The van der Waals surface area contributed by atoms with Crippen LogP contribution in [0.1, 0.15) is 23.1 Å². The SMILES string of the molecule is N#Cc1c(N)sc2c(F)cnc(-c3c4c(c5cnc(N6CC(O)C(N7CCC7)C6)nc5c3F)COC4)c12. The number of nitriles is 1. The Morgan fingerprint density at radius 1 is 1.16 bits per heavy atom. The highest BCUT2D eigenvalue weighted by atomic mass is 32.1. The molecule has 12 heteroatoms. The minimum Gasteiger partial charge on any atom is -0.390 e. The lowest BCUT2D eigenvalue weighted by molar-refractivity contribution is 0.0452. The molecule has 3 aromatic heterocycles. The number of anilines is 2. The van der Waals surface area contributed by atoms with Crippen molar-refractivity contribution in [2.75, 3.05) is 36.8 Å². The molecule has 4 aromatic rings. The average molecular weight is 522 g/mol. The van der Waals surface area contributed by atoms with Crippen molar-refractivity contribution in [3.8, 4) is 17.3 Å². The Bertz CT molecular complexity index is 1650. The van der Waals surface area contributed by atoms with E-state index in [1.165, 1.54) is 0 Å². The topological polar surface area (TPSA) is 124 Å². The van der Waals surface area contributed by atoms with Gasteiger partial charge >= 0.3 is 0 Å². The van der Waals surface area contributed by atoms with E-state index in [0.29, 0.717) is 30.0 Å². The molecule has 1 aromatic carbocycles. The fourth-order valence-electron chi connectivity index (χ4n) is 5.66. The molecule has 6 heterocycles. The van der Waals surface area contributed by atoms with Crippen molar-refractivity contribution in [3.05, 3.63) is 40.7 Å². The Kier molecular flexibility index (Phi) is 5.06. The molecule has 188 valence electrons. The summed E-state index contributed by atoms with van der Waals surface area (Å²) in [6, 6.07) is 2.01. The molecule has 7 rings (SSSR count). The summed E-state index contributed by atoms with van der Waals surface area (Å²) in [6.45, 7) is 3.19. The van der Waals surface area contributed by atoms with E-state index in [-0.39, 0.29) is 56.7 Å². The maximum Gasteiger partial charge on any atom is 0.226 e. The van der Waals surface area contributed by atoms with Crippen LogP contribution < -0.4 is 10.6 Å². The smallest absolute Gasteiger partial charge is 0.226 e. The molecule has 2 saturated heterocycles. The lowest BCUT2D eigenvalue weighted by Crippen LogP contribution is -2.50. The van der Waals surface area contributed by atoms with Gasteiger partial charge in [-0.25, -0.2) is 18.7 Å². The number of fused-ring (bicyclic) bond motifs is 4. The summed E-state index contributed by atoms with van der Waals surface area (Å²) < 4.78 is 36.9. The van der Waals surface area contributed by atoms with Gasteiger partial charge in [-0.1, -0.05) is 0 Å². The zero-order chi connectivity index (χ0) is 25.4. The molecule has 0 bridgehead atoms. The summed E-state index contributed by atoms with van der Waals surface area (Å²) >= 11 is 0.937. The minimum atomic E-state index is -0.643. The lowest BCUT2D eigenvalue weighted by Gasteiger charge is -2.37. The number of hydrogen-bond donors (Lipinski definition) is 2. The summed E-state index contributed by atoms with van der Waals surface area (Å²) in [5.41, 5.74) is 7.74. The van der Waals surface area contributed by atoms with E-state index in [1.54, 1.807) is 6.20 Å². The van der Waals surface area contributed by atoms with Crippen LogP contribution in [0.15, 0.2) is 12.4 Å². The first kappa shape index (κ1) is 22.7. The zero-order valence-corrected chi connectivity index (χ0v) is 20.4. The summed E-state index contributed by atoms with van der Waals surface area (Å²) in [7, 11) is 0. The first-order valence-corrected chi connectivity index (χ1v) is 12.8. The Labute approximate surface area is 213 Å². The second kappa shape index (κ2) is 8.26. The van der Waals surface area contributed by atoms with Gasteiger partial charge in [-0.05, 0) is 30.6 Å². The van der Waals surface area contributed by atoms with Crippen LogP contribution in [0.25, 0.3) is 32.2 Å². The minimum absolute atomic E-state index is 0.00738. The van der Waals surface area contributed by atoms with Crippen LogP contribution >= 0.6 is 11.3 Å². The molecule has 2 fully saturated rings. The summed E-state index contributed by atoms with van der Waals surface area (Å²) in [4.78, 5) is 17.5. The van der Waals surface area contributed by atoms with Crippen molar-refractivity contribution >= 4 is 43.3 Å². The van der Waals surface area contributed by atoms with E-state index >= 15 is 4.39 Å². The highest BCUT2D eigenvalue weighted by Gasteiger charge is 2.39. The standard InChI is InChI=1S/C25H21F2N7O2S/c26-15-6-30-22(19-11(4-28)24(29)37-23(15)19)18-14-10-36-9-13(14)12-5-31-25(32-21(12)20(18)27)34-7-16(17(35)8-34)33-2-1-3-33/h5-6,16-17,35H,1-3,7-10,29H2. The summed E-state index contributed by atoms with van der Waals surface area (Å²) in [5, 5.41) is 21.2. The Morgan fingerprint density at radius 3 is 2.73 bits per heavy atom.